The van der Waals surface area contributed by atoms with Gasteiger partial charge >= 0.3 is 6.09 Å². The van der Waals surface area contributed by atoms with Gasteiger partial charge in [0.1, 0.15) is 0 Å². The Morgan fingerprint density at radius 3 is 3.06 bits per heavy atom. The van der Waals surface area contributed by atoms with Crippen molar-refractivity contribution in [2.45, 2.75) is 31.9 Å². The third kappa shape index (κ3) is 2.53. The van der Waals surface area contributed by atoms with Crippen LogP contribution in [0.1, 0.15) is 19.8 Å². The summed E-state index contributed by atoms with van der Waals surface area (Å²) in [4.78, 5) is 16.7. The molecule has 2 rings (SSSR count). The largest absolute Gasteiger partial charge is 0.465 e. The highest BCUT2D eigenvalue weighted by molar-refractivity contribution is 5.90. The Labute approximate surface area is 105 Å². The predicted molar refractivity (Wildman–Crippen MR) is 67.6 cm³/mol. The molecule has 0 bridgehead atoms. The van der Waals surface area contributed by atoms with Crippen molar-refractivity contribution >= 4 is 17.5 Å². The molecular formula is C12H17N3O3. The smallest absolute Gasteiger partial charge is 0.412 e. The first-order chi connectivity index (χ1) is 8.59. The van der Waals surface area contributed by atoms with Crippen LogP contribution in [0.5, 0.6) is 0 Å². The SMILES string of the molecule is CC1CC(N(C(=O)O)c2ccncc2N)CCO1. The van der Waals surface area contributed by atoms with Crippen LogP contribution in [0.4, 0.5) is 16.2 Å². The maximum absolute atomic E-state index is 11.5. The summed E-state index contributed by atoms with van der Waals surface area (Å²) in [5.41, 5.74) is 6.67. The summed E-state index contributed by atoms with van der Waals surface area (Å²) in [6, 6.07) is 1.53. The zero-order valence-electron chi connectivity index (χ0n) is 10.2. The molecule has 2 heterocycles. The topological polar surface area (TPSA) is 88.7 Å². The fraction of sp³-hybridized carbons (Fsp3) is 0.500. The molecule has 0 aromatic carbocycles. The molecule has 1 aromatic rings. The molecule has 1 aromatic heterocycles. The molecule has 0 saturated carbocycles. The van der Waals surface area contributed by atoms with Crippen LogP contribution in [0.25, 0.3) is 0 Å². The summed E-state index contributed by atoms with van der Waals surface area (Å²) in [5, 5.41) is 9.40. The van der Waals surface area contributed by atoms with Crippen LogP contribution in [0.2, 0.25) is 0 Å². The highest BCUT2D eigenvalue weighted by atomic mass is 16.5. The van der Waals surface area contributed by atoms with E-state index in [1.165, 1.54) is 11.1 Å². The lowest BCUT2D eigenvalue weighted by molar-refractivity contribution is 0.0188. The van der Waals surface area contributed by atoms with E-state index in [4.69, 9.17) is 10.5 Å². The number of nitrogen functional groups attached to an aromatic ring is 1. The van der Waals surface area contributed by atoms with Gasteiger partial charge in [-0.05, 0) is 25.8 Å². The number of hydrogen-bond acceptors (Lipinski definition) is 4. The normalized spacial score (nSPS) is 23.6. The zero-order chi connectivity index (χ0) is 13.1. The number of rotatable bonds is 2. The second-order valence-corrected chi connectivity index (χ2v) is 4.45. The van der Waals surface area contributed by atoms with Crippen molar-refractivity contribution in [3.8, 4) is 0 Å². The van der Waals surface area contributed by atoms with E-state index in [1.54, 1.807) is 12.3 Å². The second-order valence-electron chi connectivity index (χ2n) is 4.45. The van der Waals surface area contributed by atoms with Gasteiger partial charge in [0.05, 0.1) is 23.7 Å². The maximum Gasteiger partial charge on any atom is 0.412 e. The quantitative estimate of drug-likeness (QED) is 0.835. The summed E-state index contributed by atoms with van der Waals surface area (Å²) in [6.07, 6.45) is 3.44. The van der Waals surface area contributed by atoms with Gasteiger partial charge in [0.25, 0.3) is 0 Å². The molecule has 6 heteroatoms. The Morgan fingerprint density at radius 1 is 1.67 bits per heavy atom. The highest BCUT2D eigenvalue weighted by Gasteiger charge is 2.30. The molecule has 1 amide bonds. The number of nitrogens with two attached hydrogens (primary N) is 1. The molecule has 2 unspecified atom stereocenters. The van der Waals surface area contributed by atoms with E-state index < -0.39 is 6.09 Å². The van der Waals surface area contributed by atoms with Crippen molar-refractivity contribution in [1.29, 1.82) is 0 Å². The Bertz CT molecular complexity index is 438. The third-order valence-corrected chi connectivity index (χ3v) is 3.12. The van der Waals surface area contributed by atoms with Crippen molar-refractivity contribution < 1.29 is 14.6 Å². The number of pyridine rings is 1. The lowest BCUT2D eigenvalue weighted by atomic mass is 10.0. The van der Waals surface area contributed by atoms with Crippen LogP contribution in [-0.2, 0) is 4.74 Å². The molecule has 2 atom stereocenters. The Hall–Kier alpha value is -1.82. The first-order valence-corrected chi connectivity index (χ1v) is 5.93. The van der Waals surface area contributed by atoms with E-state index >= 15 is 0 Å². The summed E-state index contributed by atoms with van der Waals surface area (Å²) in [6.45, 7) is 2.52. The predicted octanol–water partition coefficient (Wildman–Crippen LogP) is 1.72. The van der Waals surface area contributed by atoms with Gasteiger partial charge in [-0.2, -0.15) is 0 Å². The minimum Gasteiger partial charge on any atom is -0.465 e. The molecular weight excluding hydrogens is 234 g/mol. The van der Waals surface area contributed by atoms with Crippen molar-refractivity contribution in [3.05, 3.63) is 18.5 Å². The van der Waals surface area contributed by atoms with E-state index in [-0.39, 0.29) is 12.1 Å². The number of carboxylic acid groups (broad SMARTS) is 1. The van der Waals surface area contributed by atoms with Gasteiger partial charge in [-0.1, -0.05) is 0 Å². The Morgan fingerprint density at radius 2 is 2.44 bits per heavy atom. The van der Waals surface area contributed by atoms with Crippen LogP contribution in [-0.4, -0.2) is 34.9 Å². The summed E-state index contributed by atoms with van der Waals surface area (Å²) >= 11 is 0. The number of aromatic nitrogens is 1. The third-order valence-electron chi connectivity index (χ3n) is 3.12. The highest BCUT2D eigenvalue weighted by Crippen LogP contribution is 2.28. The lowest BCUT2D eigenvalue weighted by Gasteiger charge is -2.35. The van der Waals surface area contributed by atoms with E-state index in [0.29, 0.717) is 30.8 Å². The van der Waals surface area contributed by atoms with Gasteiger partial charge in [-0.3, -0.25) is 9.88 Å². The standard InChI is InChI=1S/C12H17N3O3/c1-8-6-9(3-5-18-8)15(12(16)17)11-2-4-14-7-10(11)13/h2,4,7-9H,3,5-6,13H2,1H3,(H,16,17). The van der Waals surface area contributed by atoms with E-state index in [9.17, 15) is 9.90 Å². The van der Waals surface area contributed by atoms with Gasteiger partial charge in [-0.25, -0.2) is 4.79 Å². The number of amides is 1. The molecule has 0 aliphatic carbocycles. The van der Waals surface area contributed by atoms with Gasteiger partial charge in [0.2, 0.25) is 0 Å². The first-order valence-electron chi connectivity index (χ1n) is 5.93. The van der Waals surface area contributed by atoms with E-state index in [1.807, 2.05) is 6.92 Å². The van der Waals surface area contributed by atoms with Crippen LogP contribution in [0, 0.1) is 0 Å². The molecule has 1 fully saturated rings. The van der Waals surface area contributed by atoms with Gasteiger partial charge in [0.15, 0.2) is 0 Å². The van der Waals surface area contributed by atoms with Gasteiger partial charge in [-0.15, -0.1) is 0 Å². The van der Waals surface area contributed by atoms with E-state index in [0.717, 1.165) is 0 Å². The Kier molecular flexibility index (Phi) is 3.66. The van der Waals surface area contributed by atoms with Crippen molar-refractivity contribution in [2.75, 3.05) is 17.2 Å². The zero-order valence-corrected chi connectivity index (χ0v) is 10.2. The molecule has 98 valence electrons. The first kappa shape index (κ1) is 12.6. The number of nitrogens with zero attached hydrogens (tertiary/aromatic N) is 2. The molecule has 1 saturated heterocycles. The average Bonchev–Trinajstić information content (AvgIpc) is 2.32. The second kappa shape index (κ2) is 5.22. The average molecular weight is 251 g/mol. The molecule has 6 nitrogen and oxygen atoms in total. The van der Waals surface area contributed by atoms with Crippen LogP contribution in [0.15, 0.2) is 18.5 Å². The number of carbonyl (C=O) groups is 1. The number of hydrogen-bond donors (Lipinski definition) is 2. The minimum atomic E-state index is -0.994. The monoisotopic (exact) mass is 251 g/mol. The van der Waals surface area contributed by atoms with E-state index in [2.05, 4.69) is 4.98 Å². The van der Waals surface area contributed by atoms with Crippen molar-refractivity contribution in [3.63, 3.8) is 0 Å². The summed E-state index contributed by atoms with van der Waals surface area (Å²) in [5.74, 6) is 0. The fourth-order valence-electron chi connectivity index (χ4n) is 2.28. The minimum absolute atomic E-state index is 0.0636. The van der Waals surface area contributed by atoms with Crippen LogP contribution >= 0.6 is 0 Å². The van der Waals surface area contributed by atoms with Crippen molar-refractivity contribution in [2.24, 2.45) is 0 Å². The summed E-state index contributed by atoms with van der Waals surface area (Å²) in [7, 11) is 0. The lowest BCUT2D eigenvalue weighted by Crippen LogP contribution is -2.45. The summed E-state index contributed by atoms with van der Waals surface area (Å²) < 4.78 is 5.44. The molecule has 18 heavy (non-hydrogen) atoms. The van der Waals surface area contributed by atoms with Gasteiger partial charge in [0, 0.05) is 18.8 Å². The Balaban J connectivity index is 2.28. The van der Waals surface area contributed by atoms with Gasteiger partial charge < -0.3 is 15.6 Å². The number of ether oxygens (including phenoxy) is 1. The van der Waals surface area contributed by atoms with Crippen LogP contribution in [0.3, 0.4) is 0 Å². The fourth-order valence-corrected chi connectivity index (χ4v) is 2.28. The molecule has 1 aliphatic rings. The van der Waals surface area contributed by atoms with Crippen LogP contribution < -0.4 is 10.6 Å². The molecule has 0 radical (unpaired) electrons. The maximum atomic E-state index is 11.5. The van der Waals surface area contributed by atoms with Crippen molar-refractivity contribution in [1.82, 2.24) is 4.98 Å². The molecule has 3 N–H and O–H groups in total. The molecule has 0 spiro atoms. The number of anilines is 2. The molecule has 1 aliphatic heterocycles.